The van der Waals surface area contributed by atoms with E-state index in [1.54, 1.807) is 18.2 Å². The molecular weight excluding hydrogens is 290 g/mol. The van der Waals surface area contributed by atoms with Crippen LogP contribution in [0.15, 0.2) is 33.6 Å². The summed E-state index contributed by atoms with van der Waals surface area (Å²) >= 11 is 0. The number of nitrogens with one attached hydrogen (secondary N) is 2. The molecule has 1 aliphatic rings. The normalized spacial score (nSPS) is 15.9. The Morgan fingerprint density at radius 3 is 2.76 bits per heavy atom. The molecule has 0 saturated heterocycles. The lowest BCUT2D eigenvalue weighted by atomic mass is 10.2. The van der Waals surface area contributed by atoms with Crippen molar-refractivity contribution in [3.63, 3.8) is 0 Å². The third kappa shape index (κ3) is 4.04. The first-order valence-electron chi connectivity index (χ1n) is 6.88. The number of sulfonamides is 1. The summed E-state index contributed by atoms with van der Waals surface area (Å²) in [5.41, 5.74) is 0.536. The molecule has 0 unspecified atom stereocenters. The summed E-state index contributed by atoms with van der Waals surface area (Å²) in [5, 5.41) is 5.80. The third-order valence-corrected chi connectivity index (χ3v) is 4.31. The van der Waals surface area contributed by atoms with E-state index in [4.69, 9.17) is 0 Å². The number of nitrogens with zero attached hydrogens (tertiary/aromatic N) is 1. The van der Waals surface area contributed by atoms with Gasteiger partial charge in [0.2, 0.25) is 5.91 Å². The van der Waals surface area contributed by atoms with Gasteiger partial charge in [0.1, 0.15) is 10.7 Å². The zero-order valence-electron chi connectivity index (χ0n) is 12.1. The number of hydrogen-bond donors (Lipinski definition) is 2. The van der Waals surface area contributed by atoms with Crippen molar-refractivity contribution < 1.29 is 13.2 Å². The molecule has 6 nitrogen and oxygen atoms in total. The first-order valence-corrected chi connectivity index (χ1v) is 8.32. The molecular formula is C14H19N3O3S. The van der Waals surface area contributed by atoms with E-state index < -0.39 is 10.0 Å². The molecule has 0 spiro atoms. The smallest absolute Gasteiger partial charge is 0.286 e. The topological polar surface area (TPSA) is 87.6 Å². The molecule has 0 aliphatic carbocycles. The highest BCUT2D eigenvalue weighted by atomic mass is 32.2. The van der Waals surface area contributed by atoms with Gasteiger partial charge in [-0.25, -0.2) is 0 Å². The van der Waals surface area contributed by atoms with Crippen molar-refractivity contribution in [2.45, 2.75) is 44.0 Å². The summed E-state index contributed by atoms with van der Waals surface area (Å²) in [6, 6.07) is 6.76. The number of carbonyl (C=O) groups excluding carboxylic acids is 1. The average Bonchev–Trinajstić information content (AvgIpc) is 2.37. The largest absolute Gasteiger partial charge is 0.354 e. The highest BCUT2D eigenvalue weighted by molar-refractivity contribution is 7.90. The van der Waals surface area contributed by atoms with E-state index in [1.807, 2.05) is 13.8 Å². The Morgan fingerprint density at radius 1 is 1.33 bits per heavy atom. The lowest BCUT2D eigenvalue weighted by Gasteiger charge is -2.17. The molecule has 2 N–H and O–H groups in total. The molecule has 0 fully saturated rings. The van der Waals surface area contributed by atoms with Crippen molar-refractivity contribution in [3.8, 4) is 0 Å². The molecule has 1 heterocycles. The minimum atomic E-state index is -3.64. The van der Waals surface area contributed by atoms with Gasteiger partial charge in [0, 0.05) is 18.9 Å². The molecule has 0 aromatic heterocycles. The Morgan fingerprint density at radius 2 is 2.05 bits per heavy atom. The van der Waals surface area contributed by atoms with Crippen LogP contribution >= 0.6 is 0 Å². The average molecular weight is 309 g/mol. The second kappa shape index (κ2) is 6.26. The molecule has 1 aliphatic heterocycles. The molecule has 0 saturated carbocycles. The fraction of sp³-hybridized carbons (Fsp3) is 0.429. The SMILES string of the molecule is CC(C)NC(=O)CCCC1=NS(=O)(=O)c2ccccc2N1. The Kier molecular flexibility index (Phi) is 4.62. The maximum absolute atomic E-state index is 12.0. The van der Waals surface area contributed by atoms with Crippen molar-refractivity contribution in [2.24, 2.45) is 4.40 Å². The molecule has 1 amide bonds. The molecule has 114 valence electrons. The number of fused-ring (bicyclic) bond motifs is 1. The molecule has 0 atom stereocenters. The molecule has 7 heteroatoms. The third-order valence-electron chi connectivity index (χ3n) is 2.94. The highest BCUT2D eigenvalue weighted by Crippen LogP contribution is 2.27. The fourth-order valence-corrected chi connectivity index (χ4v) is 3.26. The van der Waals surface area contributed by atoms with E-state index in [1.165, 1.54) is 6.07 Å². The number of amides is 1. The van der Waals surface area contributed by atoms with Gasteiger partial charge in [0.25, 0.3) is 10.0 Å². The minimum absolute atomic E-state index is 0.0373. The lowest BCUT2D eigenvalue weighted by molar-refractivity contribution is -0.121. The van der Waals surface area contributed by atoms with Gasteiger partial charge in [0.15, 0.2) is 0 Å². The minimum Gasteiger partial charge on any atom is -0.354 e. The van der Waals surface area contributed by atoms with Crippen molar-refractivity contribution in [1.29, 1.82) is 0 Å². The highest BCUT2D eigenvalue weighted by Gasteiger charge is 2.23. The number of anilines is 1. The zero-order valence-corrected chi connectivity index (χ0v) is 12.9. The number of amidine groups is 1. The van der Waals surface area contributed by atoms with Crippen LogP contribution in [0.5, 0.6) is 0 Å². The van der Waals surface area contributed by atoms with Gasteiger partial charge in [-0.3, -0.25) is 4.79 Å². The molecule has 1 aromatic carbocycles. The maximum Gasteiger partial charge on any atom is 0.286 e. The summed E-state index contributed by atoms with van der Waals surface area (Å²) in [6.45, 7) is 3.79. The predicted octanol–water partition coefficient (Wildman–Crippen LogP) is 1.89. The van der Waals surface area contributed by atoms with Gasteiger partial charge in [-0.1, -0.05) is 12.1 Å². The predicted molar refractivity (Wildman–Crippen MR) is 81.8 cm³/mol. The van der Waals surface area contributed by atoms with E-state index >= 15 is 0 Å². The first-order chi connectivity index (χ1) is 9.88. The molecule has 0 radical (unpaired) electrons. The van der Waals surface area contributed by atoms with Crippen LogP contribution in [-0.4, -0.2) is 26.2 Å². The Balaban J connectivity index is 1.98. The van der Waals surface area contributed by atoms with Gasteiger partial charge < -0.3 is 10.6 Å². The Hall–Kier alpha value is -1.89. The molecule has 1 aromatic rings. The monoisotopic (exact) mass is 309 g/mol. The molecule has 2 rings (SSSR count). The van der Waals surface area contributed by atoms with Gasteiger partial charge in [-0.15, -0.1) is 4.40 Å². The van der Waals surface area contributed by atoms with E-state index in [0.717, 1.165) is 0 Å². The summed E-state index contributed by atoms with van der Waals surface area (Å²) in [7, 11) is -3.64. The van der Waals surface area contributed by atoms with Crippen LogP contribution in [0.1, 0.15) is 33.1 Å². The number of carbonyl (C=O) groups is 1. The van der Waals surface area contributed by atoms with Crippen LogP contribution in [0, 0.1) is 0 Å². The van der Waals surface area contributed by atoms with Crippen LogP contribution in [0.25, 0.3) is 0 Å². The number of para-hydroxylation sites is 1. The van der Waals surface area contributed by atoms with Crippen LogP contribution in [-0.2, 0) is 14.8 Å². The van der Waals surface area contributed by atoms with Crippen molar-refractivity contribution >= 4 is 27.5 Å². The van der Waals surface area contributed by atoms with Crippen LogP contribution in [0.2, 0.25) is 0 Å². The van der Waals surface area contributed by atoms with Crippen molar-refractivity contribution in [2.75, 3.05) is 5.32 Å². The van der Waals surface area contributed by atoms with Gasteiger partial charge in [-0.05, 0) is 32.4 Å². The van der Waals surface area contributed by atoms with E-state index in [9.17, 15) is 13.2 Å². The summed E-state index contributed by atoms with van der Waals surface area (Å²) < 4.78 is 27.8. The van der Waals surface area contributed by atoms with Crippen LogP contribution in [0.4, 0.5) is 5.69 Å². The zero-order chi connectivity index (χ0) is 15.5. The fourth-order valence-electron chi connectivity index (χ4n) is 2.09. The molecule has 21 heavy (non-hydrogen) atoms. The number of hydrogen-bond acceptors (Lipinski definition) is 4. The Bertz CT molecular complexity index is 666. The van der Waals surface area contributed by atoms with Crippen molar-refractivity contribution in [3.05, 3.63) is 24.3 Å². The van der Waals surface area contributed by atoms with E-state index in [0.29, 0.717) is 30.8 Å². The second-order valence-corrected chi connectivity index (χ2v) is 6.78. The van der Waals surface area contributed by atoms with E-state index in [-0.39, 0.29) is 16.8 Å². The van der Waals surface area contributed by atoms with Gasteiger partial charge in [-0.2, -0.15) is 8.42 Å². The van der Waals surface area contributed by atoms with Crippen LogP contribution < -0.4 is 10.6 Å². The quantitative estimate of drug-likeness (QED) is 0.869. The van der Waals surface area contributed by atoms with Gasteiger partial charge in [0.05, 0.1) is 5.69 Å². The standard InChI is InChI=1S/C14H19N3O3S/c1-10(2)15-14(18)9-5-8-13-16-11-6-3-4-7-12(11)21(19,20)17-13/h3-4,6-7,10H,5,8-9H2,1-2H3,(H,15,18)(H,16,17). The summed E-state index contributed by atoms with van der Waals surface area (Å²) in [6.07, 6.45) is 1.31. The summed E-state index contributed by atoms with van der Waals surface area (Å²) in [5.74, 6) is 0.343. The summed E-state index contributed by atoms with van der Waals surface area (Å²) in [4.78, 5) is 11.7. The van der Waals surface area contributed by atoms with Crippen molar-refractivity contribution in [1.82, 2.24) is 5.32 Å². The first kappa shape index (κ1) is 15.5. The maximum atomic E-state index is 12.0. The molecule has 0 bridgehead atoms. The second-order valence-electron chi connectivity index (χ2n) is 5.21. The Labute approximate surface area is 124 Å². The van der Waals surface area contributed by atoms with Gasteiger partial charge >= 0.3 is 0 Å². The number of rotatable bonds is 5. The lowest BCUT2D eigenvalue weighted by Crippen LogP contribution is -2.30. The number of benzene rings is 1. The van der Waals surface area contributed by atoms with Crippen LogP contribution in [0.3, 0.4) is 0 Å². The van der Waals surface area contributed by atoms with E-state index in [2.05, 4.69) is 15.0 Å².